The highest BCUT2D eigenvalue weighted by atomic mass is 32.1. The number of anilines is 1. The quantitative estimate of drug-likeness (QED) is 0.808. The number of hydrogen-bond donors (Lipinski definition) is 1. The Labute approximate surface area is 180 Å². The van der Waals surface area contributed by atoms with E-state index in [0.29, 0.717) is 26.2 Å². The van der Waals surface area contributed by atoms with E-state index in [1.807, 2.05) is 30.7 Å². The van der Waals surface area contributed by atoms with Crippen LogP contribution in [0, 0.1) is 13.8 Å². The van der Waals surface area contributed by atoms with E-state index < -0.39 is 0 Å². The standard InChI is InChI=1S/C21H28N6O2S/c1-12-18(30-13(2)23-12)21(29)26-8-5-15(6-9-26)19-24-17-11-27(14(3)28)10-7-16(17)20(22-4)25-19/h15H,5-11H2,1-4H3,(H,22,24,25). The fourth-order valence-corrected chi connectivity index (χ4v) is 5.21. The number of hydrogen-bond acceptors (Lipinski definition) is 7. The molecule has 0 spiro atoms. The van der Waals surface area contributed by atoms with Crippen molar-refractivity contribution < 1.29 is 9.59 Å². The summed E-state index contributed by atoms with van der Waals surface area (Å²) in [6.07, 6.45) is 2.44. The SMILES string of the molecule is CNc1nc(C2CCN(C(=O)c3sc(C)nc3C)CC2)nc2c1CCN(C(C)=O)C2. The second-order valence-corrected chi connectivity index (χ2v) is 9.21. The van der Waals surface area contributed by atoms with Crippen molar-refractivity contribution in [2.75, 3.05) is 32.0 Å². The van der Waals surface area contributed by atoms with Crippen molar-refractivity contribution in [3.8, 4) is 0 Å². The zero-order chi connectivity index (χ0) is 21.4. The van der Waals surface area contributed by atoms with Crippen molar-refractivity contribution >= 4 is 29.0 Å². The Hall–Kier alpha value is -2.55. The summed E-state index contributed by atoms with van der Waals surface area (Å²) in [5.41, 5.74) is 2.87. The maximum absolute atomic E-state index is 12.9. The lowest BCUT2D eigenvalue weighted by atomic mass is 9.95. The second kappa shape index (κ2) is 8.29. The molecule has 1 saturated heterocycles. The molecule has 0 unspecified atom stereocenters. The third kappa shape index (κ3) is 3.90. The minimum Gasteiger partial charge on any atom is -0.373 e. The van der Waals surface area contributed by atoms with Gasteiger partial charge in [0.1, 0.15) is 16.5 Å². The third-order valence-corrected chi connectivity index (χ3v) is 7.07. The first-order valence-electron chi connectivity index (χ1n) is 10.4. The number of aryl methyl sites for hydroxylation is 2. The Bertz CT molecular complexity index is 980. The lowest BCUT2D eigenvalue weighted by molar-refractivity contribution is -0.129. The number of nitrogens with zero attached hydrogens (tertiary/aromatic N) is 5. The topological polar surface area (TPSA) is 91.3 Å². The van der Waals surface area contributed by atoms with Crippen LogP contribution in [0.15, 0.2) is 0 Å². The number of rotatable bonds is 3. The Balaban J connectivity index is 1.49. The molecule has 30 heavy (non-hydrogen) atoms. The predicted octanol–water partition coefficient (Wildman–Crippen LogP) is 2.52. The van der Waals surface area contributed by atoms with Crippen molar-refractivity contribution in [1.29, 1.82) is 0 Å². The average Bonchev–Trinajstić information content (AvgIpc) is 3.09. The molecular formula is C21H28N6O2S. The van der Waals surface area contributed by atoms with Gasteiger partial charge in [-0.1, -0.05) is 0 Å². The number of nitrogens with one attached hydrogen (secondary N) is 1. The van der Waals surface area contributed by atoms with Crippen molar-refractivity contribution in [3.63, 3.8) is 0 Å². The van der Waals surface area contributed by atoms with Gasteiger partial charge in [0.15, 0.2) is 0 Å². The summed E-state index contributed by atoms with van der Waals surface area (Å²) in [7, 11) is 1.88. The predicted molar refractivity (Wildman–Crippen MR) is 116 cm³/mol. The van der Waals surface area contributed by atoms with E-state index in [1.165, 1.54) is 11.3 Å². The van der Waals surface area contributed by atoms with Crippen LogP contribution in [-0.4, -0.2) is 63.2 Å². The first kappa shape index (κ1) is 20.7. The number of carbonyl (C=O) groups is 2. The Morgan fingerprint density at radius 3 is 2.40 bits per heavy atom. The monoisotopic (exact) mass is 428 g/mol. The van der Waals surface area contributed by atoms with E-state index >= 15 is 0 Å². The molecule has 8 nitrogen and oxygen atoms in total. The molecule has 4 rings (SSSR count). The first-order valence-corrected chi connectivity index (χ1v) is 11.2. The Morgan fingerprint density at radius 2 is 1.80 bits per heavy atom. The fourth-order valence-electron chi connectivity index (χ4n) is 4.32. The molecule has 2 aromatic heterocycles. The van der Waals surface area contributed by atoms with Crippen LogP contribution in [0.4, 0.5) is 5.82 Å². The van der Waals surface area contributed by atoms with Gasteiger partial charge in [-0.2, -0.15) is 0 Å². The van der Waals surface area contributed by atoms with Crippen LogP contribution < -0.4 is 5.32 Å². The highest BCUT2D eigenvalue weighted by molar-refractivity contribution is 7.13. The molecule has 0 atom stereocenters. The summed E-state index contributed by atoms with van der Waals surface area (Å²) in [4.78, 5) is 43.3. The minimum atomic E-state index is 0.0761. The van der Waals surface area contributed by atoms with Gasteiger partial charge in [-0.15, -0.1) is 11.3 Å². The van der Waals surface area contributed by atoms with Gasteiger partial charge in [0, 0.05) is 45.1 Å². The maximum atomic E-state index is 12.9. The summed E-state index contributed by atoms with van der Waals surface area (Å²) in [5, 5.41) is 4.13. The lowest BCUT2D eigenvalue weighted by Crippen LogP contribution is -2.39. The zero-order valence-corrected chi connectivity index (χ0v) is 18.8. The number of likely N-dealkylation sites (tertiary alicyclic amines) is 1. The highest BCUT2D eigenvalue weighted by Crippen LogP contribution is 2.31. The van der Waals surface area contributed by atoms with Gasteiger partial charge in [0.2, 0.25) is 5.91 Å². The molecule has 0 radical (unpaired) electrons. The van der Waals surface area contributed by atoms with Crippen molar-refractivity contribution in [2.24, 2.45) is 0 Å². The van der Waals surface area contributed by atoms with Crippen molar-refractivity contribution in [3.05, 3.63) is 32.7 Å². The van der Waals surface area contributed by atoms with Crippen LogP contribution in [0.5, 0.6) is 0 Å². The Kier molecular flexibility index (Phi) is 5.73. The number of fused-ring (bicyclic) bond motifs is 1. The second-order valence-electron chi connectivity index (χ2n) is 8.01. The van der Waals surface area contributed by atoms with Gasteiger partial charge in [0.05, 0.1) is 22.9 Å². The van der Waals surface area contributed by atoms with Crippen LogP contribution in [0.2, 0.25) is 0 Å². The van der Waals surface area contributed by atoms with Gasteiger partial charge < -0.3 is 15.1 Å². The molecule has 9 heteroatoms. The van der Waals surface area contributed by atoms with E-state index in [4.69, 9.17) is 9.97 Å². The van der Waals surface area contributed by atoms with Crippen molar-refractivity contribution in [1.82, 2.24) is 24.8 Å². The highest BCUT2D eigenvalue weighted by Gasteiger charge is 2.30. The van der Waals surface area contributed by atoms with Gasteiger partial charge in [-0.3, -0.25) is 9.59 Å². The zero-order valence-electron chi connectivity index (χ0n) is 18.0. The van der Waals surface area contributed by atoms with E-state index in [-0.39, 0.29) is 17.7 Å². The van der Waals surface area contributed by atoms with Gasteiger partial charge in [-0.05, 0) is 33.1 Å². The summed E-state index contributed by atoms with van der Waals surface area (Å²) in [6, 6.07) is 0. The largest absolute Gasteiger partial charge is 0.373 e. The summed E-state index contributed by atoms with van der Waals surface area (Å²) >= 11 is 1.47. The first-order chi connectivity index (χ1) is 14.4. The Morgan fingerprint density at radius 1 is 1.07 bits per heavy atom. The van der Waals surface area contributed by atoms with Crippen LogP contribution in [-0.2, 0) is 17.8 Å². The third-order valence-electron chi connectivity index (χ3n) is 6.01. The van der Waals surface area contributed by atoms with E-state index in [0.717, 1.165) is 57.7 Å². The molecule has 1 N–H and O–H groups in total. The summed E-state index contributed by atoms with van der Waals surface area (Å²) in [5.74, 6) is 2.06. The number of amides is 2. The summed E-state index contributed by atoms with van der Waals surface area (Å²) < 4.78 is 0. The van der Waals surface area contributed by atoms with E-state index in [2.05, 4.69) is 10.3 Å². The van der Waals surface area contributed by atoms with E-state index in [9.17, 15) is 9.59 Å². The molecule has 2 aliphatic rings. The summed E-state index contributed by atoms with van der Waals surface area (Å²) in [6.45, 7) is 8.05. The minimum absolute atomic E-state index is 0.0761. The molecule has 0 bridgehead atoms. The lowest BCUT2D eigenvalue weighted by Gasteiger charge is -2.33. The fraction of sp³-hybridized carbons (Fsp3) is 0.571. The molecule has 1 fully saturated rings. The molecule has 0 saturated carbocycles. The van der Waals surface area contributed by atoms with Crippen LogP contribution in [0.1, 0.15) is 63.1 Å². The molecule has 2 amide bonds. The molecular weight excluding hydrogens is 400 g/mol. The molecule has 2 aliphatic heterocycles. The number of piperidine rings is 1. The van der Waals surface area contributed by atoms with E-state index in [1.54, 1.807) is 6.92 Å². The number of aromatic nitrogens is 3. The van der Waals surface area contributed by atoms with Crippen LogP contribution in [0.25, 0.3) is 0 Å². The number of carbonyl (C=O) groups excluding carboxylic acids is 2. The molecule has 0 aromatic carbocycles. The molecule has 2 aromatic rings. The van der Waals surface area contributed by atoms with Crippen molar-refractivity contribution in [2.45, 2.75) is 52.5 Å². The molecule has 160 valence electrons. The van der Waals surface area contributed by atoms with Gasteiger partial charge in [0.25, 0.3) is 5.91 Å². The van der Waals surface area contributed by atoms with Crippen LogP contribution in [0.3, 0.4) is 0 Å². The van der Waals surface area contributed by atoms with Crippen LogP contribution >= 0.6 is 11.3 Å². The molecule has 0 aliphatic carbocycles. The smallest absolute Gasteiger partial charge is 0.265 e. The van der Waals surface area contributed by atoms with Gasteiger partial charge >= 0.3 is 0 Å². The molecule has 4 heterocycles. The number of thiazole rings is 1. The normalized spacial score (nSPS) is 17.1. The van der Waals surface area contributed by atoms with Gasteiger partial charge in [-0.25, -0.2) is 15.0 Å². The average molecular weight is 429 g/mol. The maximum Gasteiger partial charge on any atom is 0.265 e.